The Morgan fingerprint density at radius 2 is 2.19 bits per heavy atom. The Bertz CT molecular complexity index is 336. The molecule has 1 rings (SSSR count). The first-order chi connectivity index (χ1) is 7.65. The quantitative estimate of drug-likeness (QED) is 0.754. The smallest absolute Gasteiger partial charge is 0.129 e. The van der Waals surface area contributed by atoms with Crippen LogP contribution in [0.15, 0.2) is 18.2 Å². The maximum atomic E-state index is 13.2. The van der Waals surface area contributed by atoms with E-state index in [1.54, 1.807) is 11.8 Å². The van der Waals surface area contributed by atoms with E-state index in [4.69, 9.17) is 0 Å². The molecule has 2 N–H and O–H groups in total. The second-order valence-electron chi connectivity index (χ2n) is 3.38. The van der Waals surface area contributed by atoms with Gasteiger partial charge in [-0.3, -0.25) is 0 Å². The van der Waals surface area contributed by atoms with Gasteiger partial charge >= 0.3 is 0 Å². The number of halogens is 2. The third-order valence-electron chi connectivity index (χ3n) is 2.14. The second-order valence-corrected chi connectivity index (χ2v) is 4.36. The normalized spacial score (nSPS) is 12.8. The van der Waals surface area contributed by atoms with Crippen LogP contribution >= 0.6 is 11.8 Å². The van der Waals surface area contributed by atoms with Crippen molar-refractivity contribution in [2.24, 2.45) is 0 Å². The number of thioether (sulfide) groups is 1. The van der Waals surface area contributed by atoms with E-state index in [-0.39, 0.29) is 12.1 Å². The molecular weight excluding hydrogens is 232 g/mol. The Kier molecular flexibility index (Phi) is 5.73. The fraction of sp³-hybridized carbons (Fsp3) is 0.455. The number of hydrogen-bond acceptors (Lipinski definition) is 3. The van der Waals surface area contributed by atoms with Crippen LogP contribution in [0.5, 0.6) is 0 Å². The first-order valence-electron chi connectivity index (χ1n) is 4.98. The Morgan fingerprint density at radius 1 is 1.44 bits per heavy atom. The highest BCUT2D eigenvalue weighted by Crippen LogP contribution is 2.17. The third-order valence-corrected chi connectivity index (χ3v) is 2.75. The van der Waals surface area contributed by atoms with E-state index in [0.717, 1.165) is 30.5 Å². The van der Waals surface area contributed by atoms with E-state index < -0.39 is 17.7 Å². The molecule has 0 heterocycles. The van der Waals surface area contributed by atoms with Gasteiger partial charge in [-0.2, -0.15) is 11.8 Å². The van der Waals surface area contributed by atoms with Gasteiger partial charge in [0.15, 0.2) is 0 Å². The monoisotopic (exact) mass is 247 g/mol. The Morgan fingerprint density at radius 3 is 2.88 bits per heavy atom. The van der Waals surface area contributed by atoms with Crippen molar-refractivity contribution in [3.05, 3.63) is 35.4 Å². The van der Waals surface area contributed by atoms with Gasteiger partial charge < -0.3 is 10.4 Å². The van der Waals surface area contributed by atoms with Gasteiger partial charge in [0.05, 0.1) is 6.10 Å². The molecule has 0 aliphatic rings. The van der Waals surface area contributed by atoms with Crippen molar-refractivity contribution in [2.75, 3.05) is 25.1 Å². The molecule has 0 spiro atoms. The van der Waals surface area contributed by atoms with Crippen LogP contribution in [-0.4, -0.2) is 30.2 Å². The largest absolute Gasteiger partial charge is 0.387 e. The fourth-order valence-electron chi connectivity index (χ4n) is 1.29. The summed E-state index contributed by atoms with van der Waals surface area (Å²) in [6.45, 7) is 0.954. The van der Waals surface area contributed by atoms with Crippen molar-refractivity contribution in [3.8, 4) is 0 Å². The predicted molar refractivity (Wildman–Crippen MR) is 62.6 cm³/mol. The van der Waals surface area contributed by atoms with Gasteiger partial charge in [-0.15, -0.1) is 0 Å². The van der Waals surface area contributed by atoms with Crippen LogP contribution in [-0.2, 0) is 0 Å². The van der Waals surface area contributed by atoms with Crippen LogP contribution in [0, 0.1) is 11.6 Å². The average molecular weight is 247 g/mol. The molecule has 0 saturated carbocycles. The number of benzene rings is 1. The van der Waals surface area contributed by atoms with Crippen LogP contribution in [0.2, 0.25) is 0 Å². The van der Waals surface area contributed by atoms with E-state index >= 15 is 0 Å². The van der Waals surface area contributed by atoms with Crippen molar-refractivity contribution in [2.45, 2.75) is 6.10 Å². The van der Waals surface area contributed by atoms with Crippen LogP contribution < -0.4 is 5.32 Å². The highest BCUT2D eigenvalue weighted by atomic mass is 32.2. The maximum absolute atomic E-state index is 13.2. The zero-order valence-electron chi connectivity index (χ0n) is 9.04. The van der Waals surface area contributed by atoms with Gasteiger partial charge in [-0.25, -0.2) is 8.78 Å². The van der Waals surface area contributed by atoms with E-state index in [2.05, 4.69) is 5.32 Å². The number of aliphatic hydroxyl groups is 1. The number of aliphatic hydroxyl groups excluding tert-OH is 1. The van der Waals surface area contributed by atoms with Gasteiger partial charge in [-0.05, 0) is 24.5 Å². The summed E-state index contributed by atoms with van der Waals surface area (Å²) in [6, 6.07) is 3.08. The number of hydrogen-bond donors (Lipinski definition) is 2. The predicted octanol–water partition coefficient (Wildman–Crippen LogP) is 1.95. The summed E-state index contributed by atoms with van der Waals surface area (Å²) in [5.41, 5.74) is -0.00310. The van der Waals surface area contributed by atoms with Crippen molar-refractivity contribution < 1.29 is 13.9 Å². The number of rotatable bonds is 6. The molecule has 2 nitrogen and oxygen atoms in total. The molecule has 0 aliphatic carbocycles. The molecule has 1 atom stereocenters. The highest BCUT2D eigenvalue weighted by Gasteiger charge is 2.13. The maximum Gasteiger partial charge on any atom is 0.129 e. The summed E-state index contributed by atoms with van der Waals surface area (Å²) in [5, 5.41) is 12.6. The van der Waals surface area contributed by atoms with E-state index in [1.807, 2.05) is 6.26 Å². The lowest BCUT2D eigenvalue weighted by molar-refractivity contribution is 0.170. The first-order valence-corrected chi connectivity index (χ1v) is 6.37. The van der Waals surface area contributed by atoms with E-state index in [9.17, 15) is 13.9 Å². The Labute approximate surface area is 98.1 Å². The van der Waals surface area contributed by atoms with Crippen molar-refractivity contribution in [3.63, 3.8) is 0 Å². The first kappa shape index (κ1) is 13.4. The Balaban J connectivity index is 2.51. The molecule has 0 aromatic heterocycles. The second kappa shape index (κ2) is 6.83. The molecule has 0 radical (unpaired) electrons. The molecule has 1 aromatic rings. The molecule has 90 valence electrons. The molecule has 5 heteroatoms. The molecule has 0 saturated heterocycles. The third kappa shape index (κ3) is 4.08. The van der Waals surface area contributed by atoms with Crippen molar-refractivity contribution in [1.29, 1.82) is 0 Å². The summed E-state index contributed by atoms with van der Waals surface area (Å²) in [5.74, 6) is -0.210. The highest BCUT2D eigenvalue weighted by molar-refractivity contribution is 7.98. The lowest BCUT2D eigenvalue weighted by Gasteiger charge is -2.12. The SMILES string of the molecule is CSCCNCC(O)c1cc(F)ccc1F. The van der Waals surface area contributed by atoms with Gasteiger partial charge in [0.1, 0.15) is 11.6 Å². The van der Waals surface area contributed by atoms with Crippen LogP contribution in [0.1, 0.15) is 11.7 Å². The minimum Gasteiger partial charge on any atom is -0.387 e. The standard InChI is InChI=1S/C11H15F2NOS/c1-16-5-4-14-7-11(15)9-6-8(12)2-3-10(9)13/h2-3,6,11,14-15H,4-5,7H2,1H3. The molecule has 0 amide bonds. The molecule has 0 bridgehead atoms. The molecule has 1 aromatic carbocycles. The summed E-state index contributed by atoms with van der Waals surface area (Å²) in [7, 11) is 0. The molecule has 0 aliphatic heterocycles. The zero-order valence-corrected chi connectivity index (χ0v) is 9.86. The fourth-order valence-corrected chi connectivity index (χ4v) is 1.64. The molecule has 0 fully saturated rings. The minimum absolute atomic E-state index is 0.00310. The minimum atomic E-state index is -1.02. The van der Waals surface area contributed by atoms with Gasteiger partial charge in [0.25, 0.3) is 0 Å². The average Bonchev–Trinajstić information content (AvgIpc) is 2.27. The van der Waals surface area contributed by atoms with Gasteiger partial charge in [0, 0.05) is 24.4 Å². The topological polar surface area (TPSA) is 32.3 Å². The van der Waals surface area contributed by atoms with Crippen molar-refractivity contribution >= 4 is 11.8 Å². The molecule has 1 unspecified atom stereocenters. The summed E-state index contributed by atoms with van der Waals surface area (Å²) in [6.07, 6.45) is 0.960. The molecule has 16 heavy (non-hydrogen) atoms. The van der Waals surface area contributed by atoms with E-state index in [1.165, 1.54) is 0 Å². The lowest BCUT2D eigenvalue weighted by Crippen LogP contribution is -2.24. The van der Waals surface area contributed by atoms with Crippen LogP contribution in [0.3, 0.4) is 0 Å². The lowest BCUT2D eigenvalue weighted by atomic mass is 10.1. The van der Waals surface area contributed by atoms with Gasteiger partial charge in [0.2, 0.25) is 0 Å². The molecular formula is C11H15F2NOS. The summed E-state index contributed by atoms with van der Waals surface area (Å²) < 4.78 is 26.1. The summed E-state index contributed by atoms with van der Waals surface area (Å²) >= 11 is 1.68. The van der Waals surface area contributed by atoms with E-state index in [0.29, 0.717) is 0 Å². The summed E-state index contributed by atoms with van der Waals surface area (Å²) in [4.78, 5) is 0. The van der Waals surface area contributed by atoms with Crippen LogP contribution in [0.4, 0.5) is 8.78 Å². The van der Waals surface area contributed by atoms with Crippen molar-refractivity contribution in [1.82, 2.24) is 5.32 Å². The van der Waals surface area contributed by atoms with Gasteiger partial charge in [-0.1, -0.05) is 0 Å². The number of nitrogens with one attached hydrogen (secondary N) is 1. The van der Waals surface area contributed by atoms with Crippen LogP contribution in [0.25, 0.3) is 0 Å². The Hall–Kier alpha value is -0.650. The zero-order chi connectivity index (χ0) is 12.0.